The van der Waals surface area contributed by atoms with E-state index in [1.165, 1.54) is 25.9 Å². The molecule has 0 radical (unpaired) electrons. The highest BCUT2D eigenvalue weighted by Crippen LogP contribution is 2.04. The van der Waals surface area contributed by atoms with Crippen molar-refractivity contribution < 1.29 is 4.90 Å². The Bertz CT molecular complexity index is 93.4. The van der Waals surface area contributed by atoms with Gasteiger partial charge in [-0.15, -0.1) is 0 Å². The van der Waals surface area contributed by atoms with Crippen molar-refractivity contribution >= 4 is 0 Å². The van der Waals surface area contributed by atoms with E-state index in [1.807, 2.05) is 0 Å². The number of quaternary nitrogens is 1. The summed E-state index contributed by atoms with van der Waals surface area (Å²) in [5, 5.41) is 0. The van der Waals surface area contributed by atoms with Gasteiger partial charge in [-0.3, -0.25) is 0 Å². The molecular formula is C8H19N2+. The van der Waals surface area contributed by atoms with Crippen LogP contribution in [0.4, 0.5) is 0 Å². The van der Waals surface area contributed by atoms with Gasteiger partial charge in [-0.05, 0) is 7.05 Å². The molecule has 1 heterocycles. The summed E-state index contributed by atoms with van der Waals surface area (Å²) in [6, 6.07) is 0.913. The molecule has 1 aliphatic rings. The third kappa shape index (κ3) is 1.96. The molecule has 2 heteroatoms. The molecule has 1 aliphatic heterocycles. The van der Waals surface area contributed by atoms with Crippen LogP contribution in [0.5, 0.6) is 0 Å². The molecule has 0 aromatic heterocycles. The topological polar surface area (TPSA) is 7.68 Å². The molecule has 0 aromatic carbocycles. The Morgan fingerprint density at radius 2 is 1.70 bits per heavy atom. The number of hydrogen-bond acceptors (Lipinski definition) is 1. The van der Waals surface area contributed by atoms with Gasteiger partial charge in [0.05, 0.1) is 20.1 Å². The van der Waals surface area contributed by atoms with Crippen LogP contribution in [0.2, 0.25) is 0 Å². The van der Waals surface area contributed by atoms with Gasteiger partial charge in [0.25, 0.3) is 0 Å². The van der Waals surface area contributed by atoms with Crippen molar-refractivity contribution in [3.63, 3.8) is 0 Å². The maximum Gasteiger partial charge on any atom is 0.0895 e. The van der Waals surface area contributed by atoms with Crippen LogP contribution in [0.25, 0.3) is 0 Å². The summed E-state index contributed by atoms with van der Waals surface area (Å²) in [5.41, 5.74) is 0. The Labute approximate surface area is 63.8 Å². The van der Waals surface area contributed by atoms with Crippen molar-refractivity contribution in [3.8, 4) is 0 Å². The van der Waals surface area contributed by atoms with Crippen molar-refractivity contribution in [3.05, 3.63) is 0 Å². The van der Waals surface area contributed by atoms with Gasteiger partial charge in [0, 0.05) is 25.9 Å². The zero-order valence-electron chi connectivity index (χ0n) is 7.35. The summed E-state index contributed by atoms with van der Waals surface area (Å²) in [7, 11) is 6.73. The van der Waals surface area contributed by atoms with Gasteiger partial charge >= 0.3 is 0 Å². The van der Waals surface area contributed by atoms with Crippen LogP contribution in [0.15, 0.2) is 0 Å². The number of nitrogens with one attached hydrogen (secondary N) is 1. The summed E-state index contributed by atoms with van der Waals surface area (Å²) >= 11 is 0. The molecule has 1 saturated heterocycles. The predicted octanol–water partition coefficient (Wildman–Crippen LogP) is -0.775. The third-order valence-corrected chi connectivity index (χ3v) is 2.54. The Morgan fingerprint density at radius 1 is 1.20 bits per heavy atom. The lowest BCUT2D eigenvalue weighted by atomic mass is 10.1. The van der Waals surface area contributed by atoms with Gasteiger partial charge in [0.1, 0.15) is 0 Å². The molecule has 2 nitrogen and oxygen atoms in total. The number of nitrogens with zero attached hydrogens (tertiary/aromatic N) is 1. The summed E-state index contributed by atoms with van der Waals surface area (Å²) in [5.74, 6) is 0. The maximum absolute atomic E-state index is 2.42. The molecule has 1 fully saturated rings. The number of hydrogen-bond donors (Lipinski definition) is 1. The molecule has 1 rings (SSSR count). The van der Waals surface area contributed by atoms with Crippen LogP contribution < -0.4 is 4.90 Å². The second kappa shape index (κ2) is 3.35. The quantitative estimate of drug-likeness (QED) is 0.506. The molecular weight excluding hydrogens is 124 g/mol. The zero-order chi connectivity index (χ0) is 7.56. The van der Waals surface area contributed by atoms with Gasteiger partial charge < -0.3 is 9.80 Å². The molecule has 60 valence electrons. The number of rotatable bonds is 1. The lowest BCUT2D eigenvalue weighted by Gasteiger charge is -2.30. The predicted molar refractivity (Wildman–Crippen MR) is 43.3 cm³/mol. The van der Waals surface area contributed by atoms with Crippen LogP contribution in [-0.2, 0) is 0 Å². The highest BCUT2D eigenvalue weighted by atomic mass is 15.2. The molecule has 0 spiro atoms. The zero-order valence-corrected chi connectivity index (χ0v) is 7.35. The van der Waals surface area contributed by atoms with Gasteiger partial charge in [0.15, 0.2) is 0 Å². The fourth-order valence-electron chi connectivity index (χ4n) is 1.59. The summed E-state index contributed by atoms with van der Waals surface area (Å²) in [6.45, 7) is 2.58. The number of likely N-dealkylation sites (tertiary alicyclic amines) is 1. The fraction of sp³-hybridized carbons (Fsp3) is 1.00. The summed E-state index contributed by atoms with van der Waals surface area (Å²) in [6.07, 6.45) is 2.75. The summed E-state index contributed by atoms with van der Waals surface area (Å²) in [4.78, 5) is 4.03. The average molecular weight is 143 g/mol. The first kappa shape index (κ1) is 8.02. The minimum atomic E-state index is 0.913. The van der Waals surface area contributed by atoms with Crippen LogP contribution in [-0.4, -0.2) is 45.2 Å². The first-order valence-electron chi connectivity index (χ1n) is 4.18. The lowest BCUT2D eigenvalue weighted by Crippen LogP contribution is -3.10. The molecule has 10 heavy (non-hydrogen) atoms. The van der Waals surface area contributed by atoms with E-state index in [0.29, 0.717) is 0 Å². The molecule has 1 N–H and O–H groups in total. The standard InChI is InChI=1S/C8H18N2/c1-9(2)8-4-6-10(3)7-5-8/h8H,4-7H2,1-3H3/p+1. The Hall–Kier alpha value is -0.0800. The minimum Gasteiger partial charge on any atom is -0.337 e. The monoisotopic (exact) mass is 143 g/mol. The van der Waals surface area contributed by atoms with Crippen molar-refractivity contribution in [2.45, 2.75) is 18.9 Å². The third-order valence-electron chi connectivity index (χ3n) is 2.54. The van der Waals surface area contributed by atoms with Crippen LogP contribution in [0.3, 0.4) is 0 Å². The molecule has 0 bridgehead atoms. The average Bonchev–Trinajstić information content (AvgIpc) is 1.88. The van der Waals surface area contributed by atoms with Crippen LogP contribution in [0.1, 0.15) is 12.8 Å². The van der Waals surface area contributed by atoms with E-state index < -0.39 is 0 Å². The van der Waals surface area contributed by atoms with Gasteiger partial charge in [-0.2, -0.15) is 0 Å². The first-order chi connectivity index (χ1) is 4.70. The fourth-order valence-corrected chi connectivity index (χ4v) is 1.59. The second-order valence-corrected chi connectivity index (χ2v) is 3.65. The van der Waals surface area contributed by atoms with Crippen molar-refractivity contribution in [1.82, 2.24) is 4.90 Å². The first-order valence-corrected chi connectivity index (χ1v) is 4.18. The highest BCUT2D eigenvalue weighted by Gasteiger charge is 2.20. The van der Waals surface area contributed by atoms with E-state index in [0.717, 1.165) is 6.04 Å². The van der Waals surface area contributed by atoms with E-state index in [9.17, 15) is 0 Å². The Morgan fingerprint density at radius 3 is 2.10 bits per heavy atom. The van der Waals surface area contributed by atoms with Gasteiger partial charge in [-0.1, -0.05) is 0 Å². The second-order valence-electron chi connectivity index (χ2n) is 3.65. The normalized spacial score (nSPS) is 24.0. The van der Waals surface area contributed by atoms with Gasteiger partial charge in [-0.25, -0.2) is 0 Å². The molecule has 0 amide bonds. The minimum absolute atomic E-state index is 0.913. The van der Waals surface area contributed by atoms with Crippen LogP contribution >= 0.6 is 0 Å². The van der Waals surface area contributed by atoms with Gasteiger partial charge in [0.2, 0.25) is 0 Å². The van der Waals surface area contributed by atoms with E-state index in [4.69, 9.17) is 0 Å². The summed E-state index contributed by atoms with van der Waals surface area (Å²) < 4.78 is 0. The van der Waals surface area contributed by atoms with Crippen molar-refractivity contribution in [2.75, 3.05) is 34.2 Å². The highest BCUT2D eigenvalue weighted by molar-refractivity contribution is 4.67. The molecule has 0 aliphatic carbocycles. The maximum atomic E-state index is 2.42. The molecule has 0 atom stereocenters. The van der Waals surface area contributed by atoms with E-state index >= 15 is 0 Å². The Balaban J connectivity index is 2.26. The SMILES string of the molecule is CN1CCC([NH+](C)C)CC1. The van der Waals surface area contributed by atoms with E-state index in [2.05, 4.69) is 26.0 Å². The van der Waals surface area contributed by atoms with Crippen molar-refractivity contribution in [2.24, 2.45) is 0 Å². The van der Waals surface area contributed by atoms with E-state index in [-0.39, 0.29) is 0 Å². The van der Waals surface area contributed by atoms with Crippen molar-refractivity contribution in [1.29, 1.82) is 0 Å². The largest absolute Gasteiger partial charge is 0.337 e. The lowest BCUT2D eigenvalue weighted by molar-refractivity contribution is -0.887. The van der Waals surface area contributed by atoms with Crippen LogP contribution in [0, 0.1) is 0 Å². The molecule has 0 unspecified atom stereocenters. The molecule has 0 aromatic rings. The number of piperidine rings is 1. The molecule has 0 saturated carbocycles. The smallest absolute Gasteiger partial charge is 0.0895 e. The Kier molecular flexibility index (Phi) is 2.69. The van der Waals surface area contributed by atoms with E-state index in [1.54, 1.807) is 4.90 Å².